The highest BCUT2D eigenvalue weighted by atomic mass is 16.7. The number of benzene rings is 2. The highest BCUT2D eigenvalue weighted by Crippen LogP contribution is 2.51. The van der Waals surface area contributed by atoms with Gasteiger partial charge in [0.2, 0.25) is 6.79 Å². The third-order valence-corrected chi connectivity index (χ3v) is 4.90. The molecule has 5 heteroatoms. The van der Waals surface area contributed by atoms with Crippen LogP contribution in [0.25, 0.3) is 0 Å². The summed E-state index contributed by atoms with van der Waals surface area (Å²) >= 11 is 0. The summed E-state index contributed by atoms with van der Waals surface area (Å²) in [7, 11) is 1.66. The first-order chi connectivity index (χ1) is 12.2. The summed E-state index contributed by atoms with van der Waals surface area (Å²) in [4.78, 5) is 0. The molecule has 2 aliphatic rings. The van der Waals surface area contributed by atoms with Crippen LogP contribution in [0.2, 0.25) is 0 Å². The Morgan fingerprint density at radius 3 is 2.80 bits per heavy atom. The molecule has 5 nitrogen and oxygen atoms in total. The zero-order chi connectivity index (χ0) is 17.4. The summed E-state index contributed by atoms with van der Waals surface area (Å²) in [5.41, 5.74) is 3.37. The van der Waals surface area contributed by atoms with Crippen molar-refractivity contribution in [3.63, 3.8) is 0 Å². The largest absolute Gasteiger partial charge is 0.493 e. The molecule has 2 aliphatic heterocycles. The van der Waals surface area contributed by atoms with Crippen molar-refractivity contribution in [3.05, 3.63) is 47.0 Å². The van der Waals surface area contributed by atoms with Gasteiger partial charge in [0.15, 0.2) is 23.0 Å². The van der Waals surface area contributed by atoms with Crippen LogP contribution in [0.5, 0.6) is 23.0 Å². The lowest BCUT2D eigenvalue weighted by Crippen LogP contribution is -2.07. The van der Waals surface area contributed by atoms with Gasteiger partial charge in [0.05, 0.1) is 7.11 Å². The van der Waals surface area contributed by atoms with Crippen molar-refractivity contribution in [1.82, 2.24) is 0 Å². The molecule has 0 saturated carbocycles. The van der Waals surface area contributed by atoms with Gasteiger partial charge in [0.25, 0.3) is 0 Å². The average molecular weight is 342 g/mol. The fraction of sp³-hybridized carbons (Fsp3) is 0.400. The van der Waals surface area contributed by atoms with Gasteiger partial charge in [-0.1, -0.05) is 19.1 Å². The number of aliphatic hydroxyl groups is 1. The van der Waals surface area contributed by atoms with Crippen LogP contribution in [0.3, 0.4) is 0 Å². The average Bonchev–Trinajstić information content (AvgIpc) is 3.23. The molecule has 0 aromatic heterocycles. The third-order valence-electron chi connectivity index (χ3n) is 4.90. The maximum absolute atomic E-state index is 9.09. The Hall–Kier alpha value is -2.40. The number of fused-ring (bicyclic) bond motifs is 2. The van der Waals surface area contributed by atoms with E-state index in [9.17, 15) is 0 Å². The molecule has 2 atom stereocenters. The zero-order valence-electron chi connectivity index (χ0n) is 14.5. The minimum absolute atomic E-state index is 0.0912. The number of rotatable bonds is 5. The van der Waals surface area contributed by atoms with E-state index in [0.717, 1.165) is 52.5 Å². The monoisotopic (exact) mass is 342 g/mol. The summed E-state index contributed by atoms with van der Waals surface area (Å²) < 4.78 is 22.7. The van der Waals surface area contributed by atoms with Crippen LogP contribution in [0.4, 0.5) is 0 Å². The SMILES string of the molecule is COc1cc(CCCO)cc2c1O[C@H](c1ccc3c(c1)OCO3)[C@H]2C. The minimum atomic E-state index is -0.0912. The van der Waals surface area contributed by atoms with E-state index in [1.54, 1.807) is 7.11 Å². The van der Waals surface area contributed by atoms with Gasteiger partial charge in [-0.05, 0) is 42.2 Å². The Labute approximate surface area is 147 Å². The van der Waals surface area contributed by atoms with Gasteiger partial charge in [-0.25, -0.2) is 0 Å². The van der Waals surface area contributed by atoms with Crippen LogP contribution in [0.15, 0.2) is 30.3 Å². The number of aliphatic hydroxyl groups excluding tert-OH is 1. The second kappa shape index (κ2) is 6.48. The molecule has 0 saturated heterocycles. The Bertz CT molecular complexity index is 786. The van der Waals surface area contributed by atoms with Crippen LogP contribution in [-0.4, -0.2) is 25.6 Å². The molecule has 25 heavy (non-hydrogen) atoms. The van der Waals surface area contributed by atoms with Gasteiger partial charge in [0, 0.05) is 18.1 Å². The van der Waals surface area contributed by atoms with Crippen molar-refractivity contribution in [1.29, 1.82) is 0 Å². The molecule has 2 aromatic carbocycles. The van der Waals surface area contributed by atoms with E-state index in [2.05, 4.69) is 13.0 Å². The van der Waals surface area contributed by atoms with E-state index in [1.165, 1.54) is 0 Å². The molecule has 0 unspecified atom stereocenters. The lowest BCUT2D eigenvalue weighted by Gasteiger charge is -2.16. The van der Waals surface area contributed by atoms with E-state index >= 15 is 0 Å². The van der Waals surface area contributed by atoms with Crippen molar-refractivity contribution in [3.8, 4) is 23.0 Å². The van der Waals surface area contributed by atoms with Crippen molar-refractivity contribution in [2.45, 2.75) is 31.8 Å². The summed E-state index contributed by atoms with van der Waals surface area (Å²) in [6.45, 7) is 2.61. The number of aryl methyl sites for hydroxylation is 1. The molecule has 1 N–H and O–H groups in total. The molecular weight excluding hydrogens is 320 g/mol. The van der Waals surface area contributed by atoms with Crippen LogP contribution in [0, 0.1) is 0 Å². The Kier molecular flexibility index (Phi) is 4.17. The maximum atomic E-state index is 9.09. The Morgan fingerprint density at radius 1 is 1.16 bits per heavy atom. The molecule has 0 aliphatic carbocycles. The molecule has 0 fully saturated rings. The van der Waals surface area contributed by atoms with Gasteiger partial charge < -0.3 is 24.1 Å². The molecule has 4 rings (SSSR count). The normalized spacial score (nSPS) is 20.3. The van der Waals surface area contributed by atoms with Crippen LogP contribution >= 0.6 is 0 Å². The van der Waals surface area contributed by atoms with Gasteiger partial charge in [-0.2, -0.15) is 0 Å². The highest BCUT2D eigenvalue weighted by molar-refractivity contribution is 5.55. The molecule has 2 heterocycles. The quantitative estimate of drug-likeness (QED) is 0.900. The molecule has 0 radical (unpaired) electrons. The van der Waals surface area contributed by atoms with Gasteiger partial charge in [0.1, 0.15) is 6.10 Å². The van der Waals surface area contributed by atoms with Crippen molar-refractivity contribution >= 4 is 0 Å². The number of methoxy groups -OCH3 is 1. The maximum Gasteiger partial charge on any atom is 0.231 e. The molecule has 0 spiro atoms. The van der Waals surface area contributed by atoms with E-state index in [4.69, 9.17) is 24.1 Å². The molecule has 0 amide bonds. The molecule has 2 aromatic rings. The second-order valence-electron chi connectivity index (χ2n) is 6.48. The van der Waals surface area contributed by atoms with Gasteiger partial charge >= 0.3 is 0 Å². The molecular formula is C20H22O5. The van der Waals surface area contributed by atoms with E-state index < -0.39 is 0 Å². The number of hydrogen-bond acceptors (Lipinski definition) is 5. The van der Waals surface area contributed by atoms with E-state index in [1.807, 2.05) is 24.3 Å². The first-order valence-electron chi connectivity index (χ1n) is 8.59. The first kappa shape index (κ1) is 16.1. The van der Waals surface area contributed by atoms with Gasteiger partial charge in [-0.15, -0.1) is 0 Å². The fourth-order valence-electron chi connectivity index (χ4n) is 3.57. The fourth-order valence-corrected chi connectivity index (χ4v) is 3.57. The van der Waals surface area contributed by atoms with E-state index in [0.29, 0.717) is 0 Å². The standard InChI is InChI=1S/C20H22O5/c1-12-15-8-13(4-3-7-21)9-18(22-2)20(15)25-19(12)14-5-6-16-17(10-14)24-11-23-16/h5-6,8-10,12,19,21H,3-4,7,11H2,1-2H3/t12-,19-/m0/s1. The topological polar surface area (TPSA) is 57.2 Å². The van der Waals surface area contributed by atoms with Crippen molar-refractivity contribution in [2.24, 2.45) is 0 Å². The van der Waals surface area contributed by atoms with Gasteiger partial charge in [-0.3, -0.25) is 0 Å². The second-order valence-corrected chi connectivity index (χ2v) is 6.48. The lowest BCUT2D eigenvalue weighted by atomic mass is 9.91. The summed E-state index contributed by atoms with van der Waals surface area (Å²) in [5, 5.41) is 9.09. The van der Waals surface area contributed by atoms with Crippen molar-refractivity contribution in [2.75, 3.05) is 20.5 Å². The molecule has 0 bridgehead atoms. The molecule has 132 valence electrons. The smallest absolute Gasteiger partial charge is 0.231 e. The third kappa shape index (κ3) is 2.78. The summed E-state index contributed by atoms with van der Waals surface area (Å²) in [6.07, 6.45) is 1.47. The minimum Gasteiger partial charge on any atom is -0.493 e. The summed E-state index contributed by atoms with van der Waals surface area (Å²) in [5.74, 6) is 3.29. The Morgan fingerprint density at radius 2 is 2.00 bits per heavy atom. The van der Waals surface area contributed by atoms with E-state index in [-0.39, 0.29) is 25.4 Å². The highest BCUT2D eigenvalue weighted by Gasteiger charge is 2.35. The first-order valence-corrected chi connectivity index (χ1v) is 8.59. The lowest BCUT2D eigenvalue weighted by molar-refractivity contribution is 0.173. The Balaban J connectivity index is 1.67. The predicted molar refractivity (Wildman–Crippen MR) is 92.7 cm³/mol. The van der Waals surface area contributed by atoms with Crippen LogP contribution in [-0.2, 0) is 6.42 Å². The predicted octanol–water partition coefficient (Wildman–Crippen LogP) is 3.59. The number of hydrogen-bond donors (Lipinski definition) is 1. The van der Waals surface area contributed by atoms with Crippen LogP contribution in [0.1, 0.15) is 42.1 Å². The summed E-state index contributed by atoms with van der Waals surface area (Å²) in [6, 6.07) is 10.1. The van der Waals surface area contributed by atoms with Crippen molar-refractivity contribution < 1.29 is 24.1 Å². The zero-order valence-corrected chi connectivity index (χ0v) is 14.5. The number of ether oxygens (including phenoxy) is 4. The van der Waals surface area contributed by atoms with Crippen LogP contribution < -0.4 is 18.9 Å².